The molecule has 3 atom stereocenters. The van der Waals surface area contributed by atoms with Crippen LogP contribution in [0.1, 0.15) is 12.6 Å². The third kappa shape index (κ3) is 54.3. The van der Waals surface area contributed by atoms with E-state index in [1.807, 2.05) is 0 Å². The molecule has 1 saturated heterocycles. The fraction of sp³-hybridized carbons (Fsp3) is 0.500. The average molecular weight is 839 g/mol. The van der Waals surface area contributed by atoms with Gasteiger partial charge in [0.1, 0.15) is 24.2 Å². The van der Waals surface area contributed by atoms with Gasteiger partial charge in [-0.15, -0.1) is 0 Å². The zero-order valence-corrected chi connectivity index (χ0v) is 28.0. The maximum absolute atomic E-state index is 9.71. The Morgan fingerprint density at radius 3 is 1.23 bits per heavy atom. The highest BCUT2D eigenvalue weighted by atomic mass is 31.2. The van der Waals surface area contributed by atoms with Crippen molar-refractivity contribution < 1.29 is 130 Å². The minimum Gasteiger partial charge on any atom is -0.394 e. The van der Waals surface area contributed by atoms with Crippen molar-refractivity contribution in [3.8, 4) is 0 Å². The standard InChI is InChI=1S/C10H13N5O3.6H3O4P/c11-9-8-10(13-3-12-9)15(4-14-8)7-1-5(17)6(2-16)18-7;6*1-5(2,3)4/h3-7,16-17H,1-2H2,(H2,11,12,13);6*(H3,1,2,3,4)/t5-,6+,7+;;;;;;/m0....../s1. The van der Waals surface area contributed by atoms with Gasteiger partial charge in [0.2, 0.25) is 0 Å². The summed E-state index contributed by atoms with van der Waals surface area (Å²) in [4.78, 5) is 141. The van der Waals surface area contributed by atoms with Gasteiger partial charge in [-0.2, -0.15) is 0 Å². The van der Waals surface area contributed by atoms with Crippen LogP contribution in [0.5, 0.6) is 0 Å². The Kier molecular flexibility index (Phi) is 25.3. The lowest BCUT2D eigenvalue weighted by molar-refractivity contribution is -0.0432. The maximum Gasteiger partial charge on any atom is 0.466 e. The summed E-state index contributed by atoms with van der Waals surface area (Å²) in [6.07, 6.45) is 1.60. The highest BCUT2D eigenvalue weighted by Gasteiger charge is 2.35. The molecule has 32 nitrogen and oxygen atoms in total. The summed E-state index contributed by atoms with van der Waals surface area (Å²) in [6, 6.07) is 0. The maximum atomic E-state index is 9.71. The van der Waals surface area contributed by atoms with Gasteiger partial charge < -0.3 is 109 Å². The van der Waals surface area contributed by atoms with Crippen LogP contribution in [0.2, 0.25) is 0 Å². The summed E-state index contributed by atoms with van der Waals surface area (Å²) in [5.74, 6) is 0.302. The number of imidazole rings is 1. The zero-order chi connectivity index (χ0) is 39.7. The van der Waals surface area contributed by atoms with E-state index in [9.17, 15) is 5.11 Å². The molecule has 0 unspecified atom stereocenters. The van der Waals surface area contributed by atoms with Gasteiger partial charge in [-0.05, 0) is 0 Å². The Hall–Kier alpha value is -1.11. The third-order valence-electron chi connectivity index (χ3n) is 3.08. The predicted octanol–water partition coefficient (Wildman–Crippen LogP) is -6.52. The number of nitrogen functional groups attached to an aromatic ring is 1. The van der Waals surface area contributed by atoms with Crippen molar-refractivity contribution in [1.82, 2.24) is 19.5 Å². The van der Waals surface area contributed by atoms with Crippen LogP contribution in [0.4, 0.5) is 5.82 Å². The number of hydrogen-bond acceptors (Lipinski definition) is 13. The van der Waals surface area contributed by atoms with Crippen LogP contribution in [0.15, 0.2) is 12.7 Å². The van der Waals surface area contributed by atoms with Crippen LogP contribution < -0.4 is 5.73 Å². The van der Waals surface area contributed by atoms with Gasteiger partial charge in [0, 0.05) is 6.42 Å². The van der Waals surface area contributed by atoms with Crippen LogP contribution in [0.3, 0.4) is 0 Å². The SMILES string of the molecule is Nc1ncnc2c1ncn2[C@H]1C[C@H](O)[C@@H](CO)O1.O=P(O)(O)O.O=P(O)(O)O.O=P(O)(O)O.O=P(O)(O)O.O=P(O)(O)O.O=P(O)(O)O. The van der Waals surface area contributed by atoms with Crippen molar-refractivity contribution in [2.75, 3.05) is 12.3 Å². The molecule has 0 bridgehead atoms. The number of phosphoric acid groups is 6. The Morgan fingerprint density at radius 2 is 0.958 bits per heavy atom. The molecule has 3 heterocycles. The van der Waals surface area contributed by atoms with Crippen LogP contribution in [-0.2, 0) is 32.1 Å². The van der Waals surface area contributed by atoms with E-state index in [0.717, 1.165) is 0 Å². The van der Waals surface area contributed by atoms with Gasteiger partial charge in [-0.1, -0.05) is 0 Å². The van der Waals surface area contributed by atoms with E-state index in [4.69, 9.17) is 131 Å². The molecule has 1 aliphatic heterocycles. The number of nitrogens with two attached hydrogens (primary N) is 1. The van der Waals surface area contributed by atoms with Crippen LogP contribution in [0, 0.1) is 0 Å². The summed E-state index contributed by atoms with van der Waals surface area (Å²) in [5.41, 5.74) is 6.75. The van der Waals surface area contributed by atoms with E-state index in [1.165, 1.54) is 6.33 Å². The van der Waals surface area contributed by atoms with Crippen molar-refractivity contribution in [3.05, 3.63) is 12.7 Å². The number of aromatic nitrogens is 4. The second-order valence-corrected chi connectivity index (χ2v) is 13.4. The first-order chi connectivity index (χ1) is 20.7. The highest BCUT2D eigenvalue weighted by molar-refractivity contribution is 7.46. The van der Waals surface area contributed by atoms with Crippen LogP contribution >= 0.6 is 46.9 Å². The second-order valence-electron chi connectivity index (χ2n) is 7.28. The van der Waals surface area contributed by atoms with Crippen molar-refractivity contribution in [2.45, 2.75) is 24.9 Å². The second kappa shape index (κ2) is 22.7. The van der Waals surface area contributed by atoms with Crippen molar-refractivity contribution >= 4 is 63.9 Å². The minimum absolute atomic E-state index is 0.221. The van der Waals surface area contributed by atoms with E-state index >= 15 is 0 Å². The summed E-state index contributed by atoms with van der Waals surface area (Å²) in [7, 11) is -27.8. The minimum atomic E-state index is -4.64. The molecule has 1 fully saturated rings. The van der Waals surface area contributed by atoms with E-state index in [-0.39, 0.29) is 6.61 Å². The molecule has 0 spiro atoms. The molecular formula is C10H31N5O27P6. The first-order valence-corrected chi connectivity index (χ1v) is 19.7. The molecule has 0 radical (unpaired) electrons. The molecule has 22 N–H and O–H groups in total. The molecule has 0 amide bonds. The number of ether oxygens (including phenoxy) is 1. The van der Waals surface area contributed by atoms with E-state index in [1.54, 1.807) is 10.9 Å². The smallest absolute Gasteiger partial charge is 0.394 e. The van der Waals surface area contributed by atoms with Crippen molar-refractivity contribution in [2.24, 2.45) is 0 Å². The van der Waals surface area contributed by atoms with E-state index in [2.05, 4.69) is 15.0 Å². The summed E-state index contributed by atoms with van der Waals surface area (Å²) in [5, 5.41) is 18.8. The Labute approximate surface area is 264 Å². The van der Waals surface area contributed by atoms with Gasteiger partial charge in [0.15, 0.2) is 11.5 Å². The number of rotatable bonds is 2. The Morgan fingerprint density at radius 1 is 0.646 bits per heavy atom. The normalized spacial score (nSPS) is 17.9. The quantitative estimate of drug-likeness (QED) is 0.125. The van der Waals surface area contributed by atoms with E-state index in [0.29, 0.717) is 23.4 Å². The molecule has 0 aliphatic carbocycles. The van der Waals surface area contributed by atoms with Gasteiger partial charge >= 0.3 is 46.9 Å². The lowest BCUT2D eigenvalue weighted by Gasteiger charge is -2.13. The average Bonchev–Trinajstić information content (AvgIpc) is 3.30. The molecule has 3 rings (SSSR count). The van der Waals surface area contributed by atoms with E-state index < -0.39 is 65.4 Å². The molecule has 1 aliphatic rings. The molecule has 2 aromatic rings. The third-order valence-corrected chi connectivity index (χ3v) is 3.08. The number of nitrogens with zero attached hydrogens (tertiary/aromatic N) is 4. The fourth-order valence-corrected chi connectivity index (χ4v) is 2.13. The van der Waals surface area contributed by atoms with Gasteiger partial charge in [0.25, 0.3) is 0 Å². The largest absolute Gasteiger partial charge is 0.466 e. The van der Waals surface area contributed by atoms with Gasteiger partial charge in [-0.25, -0.2) is 42.3 Å². The number of aliphatic hydroxyl groups excluding tert-OH is 2. The number of fused-ring (bicyclic) bond motifs is 1. The van der Waals surface area contributed by atoms with Crippen LogP contribution in [-0.4, -0.2) is 137 Å². The zero-order valence-electron chi connectivity index (χ0n) is 22.7. The Balaban J connectivity index is -0.000000269. The first kappa shape index (κ1) is 53.7. The number of aliphatic hydroxyl groups is 2. The van der Waals surface area contributed by atoms with Crippen LogP contribution in [0.25, 0.3) is 11.2 Å². The first-order valence-electron chi connectivity index (χ1n) is 10.3. The molecule has 2 aromatic heterocycles. The molecule has 0 aromatic carbocycles. The molecule has 0 saturated carbocycles. The number of anilines is 1. The predicted molar refractivity (Wildman–Crippen MR) is 147 cm³/mol. The van der Waals surface area contributed by atoms with Gasteiger partial charge in [0.05, 0.1) is 19.0 Å². The topological polar surface area (TPSA) is 586 Å². The van der Waals surface area contributed by atoms with Crippen molar-refractivity contribution in [1.29, 1.82) is 0 Å². The summed E-state index contributed by atoms with van der Waals surface area (Å²) < 4.78 is 60.5. The number of hydrogen-bond donors (Lipinski definition) is 21. The molecule has 38 heteroatoms. The monoisotopic (exact) mass is 839 g/mol. The summed E-state index contributed by atoms with van der Waals surface area (Å²) in [6.45, 7) is -0.221. The lowest BCUT2D eigenvalue weighted by Crippen LogP contribution is -2.24. The highest BCUT2D eigenvalue weighted by Crippen LogP contribution is 2.31. The molecule has 288 valence electrons. The molecule has 48 heavy (non-hydrogen) atoms. The Bertz CT molecular complexity index is 1280. The fourth-order valence-electron chi connectivity index (χ4n) is 2.13. The van der Waals surface area contributed by atoms with Gasteiger partial charge in [-0.3, -0.25) is 4.57 Å². The van der Waals surface area contributed by atoms with Crippen molar-refractivity contribution in [3.63, 3.8) is 0 Å². The molecular weight excluding hydrogens is 808 g/mol. The lowest BCUT2D eigenvalue weighted by atomic mass is 10.2. The summed E-state index contributed by atoms with van der Waals surface area (Å²) >= 11 is 0.